The number of hydrogen-bond donors (Lipinski definition) is 3. The molecule has 1 fully saturated rings. The van der Waals surface area contributed by atoms with E-state index in [1.807, 2.05) is 0 Å². The fraction of sp³-hybridized carbons (Fsp3) is 0.875. The maximum Gasteiger partial charge on any atom is 0.188 e. The van der Waals surface area contributed by atoms with Gasteiger partial charge in [-0.25, -0.2) is 0 Å². The van der Waals surface area contributed by atoms with Crippen LogP contribution in [0.5, 0.6) is 0 Å². The molecule has 0 aliphatic heterocycles. The van der Waals surface area contributed by atoms with E-state index in [9.17, 15) is 5.11 Å². The number of aliphatic hydroxyl groups excluding tert-OH is 1. The lowest BCUT2D eigenvalue weighted by Gasteiger charge is -2.10. The first kappa shape index (κ1) is 9.32. The van der Waals surface area contributed by atoms with Gasteiger partial charge >= 0.3 is 0 Å². The molecule has 2 atom stereocenters. The van der Waals surface area contributed by atoms with Gasteiger partial charge in [-0.1, -0.05) is 0 Å². The van der Waals surface area contributed by atoms with Crippen molar-refractivity contribution in [3.05, 3.63) is 0 Å². The van der Waals surface area contributed by atoms with E-state index in [2.05, 4.69) is 10.3 Å². The van der Waals surface area contributed by atoms with E-state index in [0.717, 1.165) is 25.8 Å². The standard InChI is InChI=1S/C8H17N3O/c1-10-8(9)11-5-6-2-3-7(12)4-6/h6-7,12H,2-5H2,1H3,(H3,9,10,11). The van der Waals surface area contributed by atoms with Crippen LogP contribution in [0.15, 0.2) is 4.99 Å². The molecule has 2 unspecified atom stereocenters. The lowest BCUT2D eigenvalue weighted by atomic mass is 10.1. The van der Waals surface area contributed by atoms with Gasteiger partial charge in [0.2, 0.25) is 0 Å². The Morgan fingerprint density at radius 1 is 1.67 bits per heavy atom. The summed E-state index contributed by atoms with van der Waals surface area (Å²) in [5.74, 6) is 1.04. The summed E-state index contributed by atoms with van der Waals surface area (Å²) >= 11 is 0. The minimum absolute atomic E-state index is 0.100. The van der Waals surface area contributed by atoms with Crippen molar-refractivity contribution in [3.8, 4) is 0 Å². The number of hydrogen-bond acceptors (Lipinski definition) is 2. The van der Waals surface area contributed by atoms with Gasteiger partial charge in [-0.2, -0.15) is 0 Å². The van der Waals surface area contributed by atoms with Crippen molar-refractivity contribution >= 4 is 5.96 Å². The Hall–Kier alpha value is -0.770. The predicted octanol–water partition coefficient (Wildman–Crippen LogP) is -0.318. The highest BCUT2D eigenvalue weighted by Crippen LogP contribution is 2.24. The first-order chi connectivity index (χ1) is 5.72. The number of nitrogens with one attached hydrogen (secondary N) is 1. The average molecular weight is 171 g/mol. The number of guanidine groups is 1. The Morgan fingerprint density at radius 2 is 2.42 bits per heavy atom. The minimum Gasteiger partial charge on any atom is -0.393 e. The van der Waals surface area contributed by atoms with E-state index in [-0.39, 0.29) is 6.10 Å². The fourth-order valence-electron chi connectivity index (χ4n) is 1.56. The number of nitrogens with zero attached hydrogens (tertiary/aromatic N) is 1. The first-order valence-corrected chi connectivity index (χ1v) is 4.36. The third-order valence-electron chi connectivity index (χ3n) is 2.33. The van der Waals surface area contributed by atoms with Crippen molar-refractivity contribution < 1.29 is 5.11 Å². The van der Waals surface area contributed by atoms with Crippen LogP contribution < -0.4 is 11.1 Å². The van der Waals surface area contributed by atoms with Crippen LogP contribution in [0.4, 0.5) is 0 Å². The molecule has 0 aromatic heterocycles. The lowest BCUT2D eigenvalue weighted by molar-refractivity contribution is 0.178. The molecule has 4 heteroatoms. The van der Waals surface area contributed by atoms with E-state index in [0.29, 0.717) is 11.9 Å². The third kappa shape index (κ3) is 2.70. The Bertz CT molecular complexity index is 170. The number of aliphatic hydroxyl groups is 1. The molecular weight excluding hydrogens is 154 g/mol. The third-order valence-corrected chi connectivity index (χ3v) is 2.33. The molecule has 70 valence electrons. The van der Waals surface area contributed by atoms with Crippen LogP contribution in [0.25, 0.3) is 0 Å². The number of nitrogens with two attached hydrogens (primary N) is 1. The van der Waals surface area contributed by atoms with Crippen molar-refractivity contribution in [1.82, 2.24) is 5.32 Å². The van der Waals surface area contributed by atoms with Gasteiger partial charge < -0.3 is 16.2 Å². The summed E-state index contributed by atoms with van der Waals surface area (Å²) in [7, 11) is 1.66. The van der Waals surface area contributed by atoms with E-state index < -0.39 is 0 Å². The quantitative estimate of drug-likeness (QED) is 0.394. The van der Waals surface area contributed by atoms with Gasteiger partial charge in [0.05, 0.1) is 6.10 Å². The zero-order chi connectivity index (χ0) is 8.97. The fourth-order valence-corrected chi connectivity index (χ4v) is 1.56. The topological polar surface area (TPSA) is 70.6 Å². The van der Waals surface area contributed by atoms with Crippen molar-refractivity contribution in [2.24, 2.45) is 16.6 Å². The molecule has 1 aliphatic carbocycles. The van der Waals surface area contributed by atoms with Crippen molar-refractivity contribution in [1.29, 1.82) is 0 Å². The molecule has 0 aromatic carbocycles. The predicted molar refractivity (Wildman–Crippen MR) is 48.9 cm³/mol. The molecule has 4 nitrogen and oxygen atoms in total. The SMILES string of the molecule is CN=C(N)NCC1CCC(O)C1. The highest BCUT2D eigenvalue weighted by Gasteiger charge is 2.22. The highest BCUT2D eigenvalue weighted by atomic mass is 16.3. The molecule has 0 aromatic rings. The molecule has 1 saturated carbocycles. The summed E-state index contributed by atoms with van der Waals surface area (Å²) in [6.07, 6.45) is 2.81. The largest absolute Gasteiger partial charge is 0.393 e. The monoisotopic (exact) mass is 171 g/mol. The maximum absolute atomic E-state index is 9.23. The van der Waals surface area contributed by atoms with Crippen LogP contribution in [-0.2, 0) is 0 Å². The molecule has 0 spiro atoms. The summed E-state index contributed by atoms with van der Waals surface area (Å²) < 4.78 is 0. The van der Waals surface area contributed by atoms with Crippen LogP contribution in [0.3, 0.4) is 0 Å². The van der Waals surface area contributed by atoms with E-state index in [1.165, 1.54) is 0 Å². The molecular formula is C8H17N3O. The molecule has 12 heavy (non-hydrogen) atoms. The minimum atomic E-state index is -0.100. The Balaban J connectivity index is 2.16. The van der Waals surface area contributed by atoms with Gasteiger partial charge in [0, 0.05) is 13.6 Å². The van der Waals surface area contributed by atoms with Gasteiger partial charge in [-0.05, 0) is 25.2 Å². The van der Waals surface area contributed by atoms with E-state index in [4.69, 9.17) is 5.73 Å². The summed E-state index contributed by atoms with van der Waals surface area (Å²) in [6, 6.07) is 0. The zero-order valence-corrected chi connectivity index (χ0v) is 7.45. The molecule has 4 N–H and O–H groups in total. The Kier molecular flexibility index (Phi) is 3.34. The summed E-state index contributed by atoms with van der Waals surface area (Å²) in [6.45, 7) is 0.834. The van der Waals surface area contributed by atoms with Crippen LogP contribution in [-0.4, -0.2) is 30.8 Å². The molecule has 0 bridgehead atoms. The second-order valence-electron chi connectivity index (χ2n) is 3.32. The first-order valence-electron chi connectivity index (χ1n) is 4.36. The number of rotatable bonds is 2. The smallest absolute Gasteiger partial charge is 0.188 e. The Morgan fingerprint density at radius 3 is 2.92 bits per heavy atom. The molecule has 0 radical (unpaired) electrons. The summed E-state index contributed by atoms with van der Waals surface area (Å²) in [4.78, 5) is 3.79. The van der Waals surface area contributed by atoms with Crippen LogP contribution in [0, 0.1) is 5.92 Å². The maximum atomic E-state index is 9.23. The van der Waals surface area contributed by atoms with Gasteiger partial charge in [0.25, 0.3) is 0 Å². The van der Waals surface area contributed by atoms with E-state index in [1.54, 1.807) is 7.05 Å². The Labute approximate surface area is 72.9 Å². The zero-order valence-electron chi connectivity index (χ0n) is 7.45. The second-order valence-corrected chi connectivity index (χ2v) is 3.32. The molecule has 1 rings (SSSR count). The average Bonchev–Trinajstić information content (AvgIpc) is 2.47. The normalized spacial score (nSPS) is 30.7. The van der Waals surface area contributed by atoms with Crippen LogP contribution in [0.1, 0.15) is 19.3 Å². The molecule has 0 saturated heterocycles. The molecule has 0 amide bonds. The van der Waals surface area contributed by atoms with Gasteiger partial charge in [0.1, 0.15) is 0 Å². The molecule has 0 heterocycles. The van der Waals surface area contributed by atoms with Gasteiger partial charge in [-0.15, -0.1) is 0 Å². The number of aliphatic imine (C=N–C) groups is 1. The van der Waals surface area contributed by atoms with Gasteiger partial charge in [0.15, 0.2) is 5.96 Å². The molecule has 1 aliphatic rings. The van der Waals surface area contributed by atoms with Gasteiger partial charge in [-0.3, -0.25) is 4.99 Å². The highest BCUT2D eigenvalue weighted by molar-refractivity contribution is 5.77. The summed E-state index contributed by atoms with van der Waals surface area (Å²) in [5.41, 5.74) is 5.46. The van der Waals surface area contributed by atoms with Crippen LogP contribution >= 0.6 is 0 Å². The van der Waals surface area contributed by atoms with Crippen molar-refractivity contribution in [3.63, 3.8) is 0 Å². The summed E-state index contributed by atoms with van der Waals surface area (Å²) in [5, 5.41) is 12.2. The lowest BCUT2D eigenvalue weighted by Crippen LogP contribution is -2.34. The van der Waals surface area contributed by atoms with Crippen LogP contribution in [0.2, 0.25) is 0 Å². The van der Waals surface area contributed by atoms with Crippen molar-refractivity contribution in [2.75, 3.05) is 13.6 Å². The second kappa shape index (κ2) is 4.30. The van der Waals surface area contributed by atoms with E-state index >= 15 is 0 Å². The van der Waals surface area contributed by atoms with Crippen molar-refractivity contribution in [2.45, 2.75) is 25.4 Å².